The van der Waals surface area contributed by atoms with Crippen LogP contribution in [0, 0.1) is 0 Å². The third kappa shape index (κ3) is 4.46. The summed E-state index contributed by atoms with van der Waals surface area (Å²) in [6.45, 7) is 0. The molecule has 0 aliphatic heterocycles. The summed E-state index contributed by atoms with van der Waals surface area (Å²) in [7, 11) is 1.40. The van der Waals surface area contributed by atoms with E-state index in [0.29, 0.717) is 10.8 Å². The molecule has 2 aromatic rings. The fourth-order valence-corrected chi connectivity index (χ4v) is 2.19. The Balaban J connectivity index is 2.20. The van der Waals surface area contributed by atoms with Crippen molar-refractivity contribution in [2.45, 2.75) is 6.18 Å². The normalized spacial score (nSPS) is 11.1. The number of carbonyl (C=O) groups excluding carboxylic acids is 1. The van der Waals surface area contributed by atoms with Crippen LogP contribution in [-0.2, 0) is 6.18 Å². The number of urea groups is 1. The molecule has 0 aromatic heterocycles. The van der Waals surface area contributed by atoms with Crippen LogP contribution in [0.1, 0.15) is 5.56 Å². The molecule has 0 saturated heterocycles. The van der Waals surface area contributed by atoms with Gasteiger partial charge in [0.1, 0.15) is 5.75 Å². The maximum absolute atomic E-state index is 12.7. The summed E-state index contributed by atoms with van der Waals surface area (Å²) in [6, 6.07) is 6.37. The maximum atomic E-state index is 12.7. The first kappa shape index (κ1) is 18.2. The zero-order valence-corrected chi connectivity index (χ0v) is 13.7. The van der Waals surface area contributed by atoms with Gasteiger partial charge in [0.2, 0.25) is 0 Å². The summed E-state index contributed by atoms with van der Waals surface area (Å²) in [5.74, 6) is 0.338. The zero-order valence-electron chi connectivity index (χ0n) is 12.2. The summed E-state index contributed by atoms with van der Waals surface area (Å²) in [5.41, 5.74) is -0.849. The monoisotopic (exact) mass is 378 g/mol. The number of rotatable bonds is 3. The van der Waals surface area contributed by atoms with Gasteiger partial charge in [0.25, 0.3) is 0 Å². The summed E-state index contributed by atoms with van der Waals surface area (Å²) in [4.78, 5) is 12.0. The van der Waals surface area contributed by atoms with Crippen molar-refractivity contribution in [1.82, 2.24) is 0 Å². The number of halogens is 5. The van der Waals surface area contributed by atoms with Crippen molar-refractivity contribution in [3.05, 3.63) is 52.0 Å². The lowest BCUT2D eigenvalue weighted by Crippen LogP contribution is -2.20. The molecule has 0 radical (unpaired) electrons. The van der Waals surface area contributed by atoms with Crippen molar-refractivity contribution in [3.63, 3.8) is 0 Å². The highest BCUT2D eigenvalue weighted by molar-refractivity contribution is 6.34. The molecule has 2 rings (SSSR count). The topological polar surface area (TPSA) is 50.4 Å². The molecule has 0 atom stereocenters. The minimum absolute atomic E-state index is 0.0313. The highest BCUT2D eigenvalue weighted by Crippen LogP contribution is 2.34. The Labute approximate surface area is 145 Å². The van der Waals surface area contributed by atoms with Gasteiger partial charge >= 0.3 is 12.2 Å². The fourth-order valence-electron chi connectivity index (χ4n) is 1.85. The van der Waals surface area contributed by atoms with Gasteiger partial charge in [-0.2, -0.15) is 13.2 Å². The third-order valence-corrected chi connectivity index (χ3v) is 3.52. The number of ether oxygens (including phenoxy) is 1. The second kappa shape index (κ2) is 7.19. The van der Waals surface area contributed by atoms with Crippen molar-refractivity contribution in [2.75, 3.05) is 17.7 Å². The smallest absolute Gasteiger partial charge is 0.416 e. The average Bonchev–Trinajstić information content (AvgIpc) is 2.48. The van der Waals surface area contributed by atoms with E-state index < -0.39 is 17.8 Å². The van der Waals surface area contributed by atoms with E-state index in [9.17, 15) is 18.0 Å². The Morgan fingerprint density at radius 1 is 1.04 bits per heavy atom. The number of carbonyl (C=O) groups is 1. The van der Waals surface area contributed by atoms with Gasteiger partial charge in [0, 0.05) is 5.02 Å². The average molecular weight is 379 g/mol. The maximum Gasteiger partial charge on any atom is 0.416 e. The van der Waals surface area contributed by atoms with Gasteiger partial charge in [-0.3, -0.25) is 0 Å². The minimum Gasteiger partial charge on any atom is -0.495 e. The molecule has 0 saturated carbocycles. The first-order valence-electron chi connectivity index (χ1n) is 6.49. The molecule has 0 spiro atoms. The van der Waals surface area contributed by atoms with Crippen molar-refractivity contribution < 1.29 is 22.7 Å². The van der Waals surface area contributed by atoms with E-state index >= 15 is 0 Å². The number of anilines is 2. The van der Waals surface area contributed by atoms with E-state index in [1.807, 2.05) is 0 Å². The van der Waals surface area contributed by atoms with Crippen molar-refractivity contribution >= 4 is 40.6 Å². The predicted octanol–water partition coefficient (Wildman–Crippen LogP) is 5.66. The summed E-state index contributed by atoms with van der Waals surface area (Å²) in [6.07, 6.45) is -4.55. The van der Waals surface area contributed by atoms with E-state index in [1.54, 1.807) is 6.07 Å². The summed E-state index contributed by atoms with van der Waals surface area (Å²) in [5, 5.41) is 5.02. The van der Waals surface area contributed by atoms with Crippen LogP contribution < -0.4 is 15.4 Å². The number of amides is 2. The van der Waals surface area contributed by atoms with Gasteiger partial charge in [-0.15, -0.1) is 0 Å². The highest BCUT2D eigenvalue weighted by atomic mass is 35.5. The molecular formula is C15H11Cl2F3N2O2. The first-order valence-corrected chi connectivity index (χ1v) is 7.24. The SMILES string of the molecule is COc1ccc(Cl)cc1NC(=O)Nc1cc(C(F)(F)F)ccc1Cl. The molecule has 0 fully saturated rings. The number of benzene rings is 2. The molecule has 0 unspecified atom stereocenters. The highest BCUT2D eigenvalue weighted by Gasteiger charge is 2.31. The molecule has 2 aromatic carbocycles. The Kier molecular flexibility index (Phi) is 5.46. The standard InChI is InChI=1S/C15H11Cl2F3N2O2/c1-24-13-5-3-9(16)7-12(13)22-14(23)21-11-6-8(15(18,19)20)2-4-10(11)17/h2-7H,1H3,(H2,21,22,23). The van der Waals surface area contributed by atoms with Crippen LogP contribution in [-0.4, -0.2) is 13.1 Å². The minimum atomic E-state index is -4.55. The van der Waals surface area contributed by atoms with Gasteiger partial charge in [-0.1, -0.05) is 23.2 Å². The number of nitrogens with one attached hydrogen (secondary N) is 2. The lowest BCUT2D eigenvalue weighted by Gasteiger charge is -2.14. The molecule has 2 amide bonds. The van der Waals surface area contributed by atoms with Gasteiger partial charge < -0.3 is 15.4 Å². The molecule has 0 bridgehead atoms. The second-order valence-electron chi connectivity index (χ2n) is 4.62. The molecule has 2 N–H and O–H groups in total. The van der Waals surface area contributed by atoms with Crippen molar-refractivity contribution in [1.29, 1.82) is 0 Å². The molecule has 0 aliphatic rings. The Hall–Kier alpha value is -2.12. The van der Waals surface area contributed by atoms with Crippen LogP contribution in [0.2, 0.25) is 10.0 Å². The van der Waals surface area contributed by atoms with E-state index in [-0.39, 0.29) is 16.4 Å². The van der Waals surface area contributed by atoms with Crippen molar-refractivity contribution in [3.8, 4) is 5.75 Å². The molecular weight excluding hydrogens is 368 g/mol. The Bertz CT molecular complexity index is 767. The van der Waals surface area contributed by atoms with E-state index in [2.05, 4.69) is 10.6 Å². The first-order chi connectivity index (χ1) is 11.2. The fraction of sp³-hybridized carbons (Fsp3) is 0.133. The van der Waals surface area contributed by atoms with Crippen molar-refractivity contribution in [2.24, 2.45) is 0 Å². The van der Waals surface area contributed by atoms with Gasteiger partial charge in [0.05, 0.1) is 29.1 Å². The number of hydrogen-bond donors (Lipinski definition) is 2. The van der Waals surface area contributed by atoms with Crippen LogP contribution in [0.5, 0.6) is 5.75 Å². The molecule has 0 heterocycles. The zero-order chi connectivity index (χ0) is 17.9. The number of hydrogen-bond acceptors (Lipinski definition) is 2. The summed E-state index contributed by atoms with van der Waals surface area (Å²) >= 11 is 11.7. The molecule has 0 aliphatic carbocycles. The largest absolute Gasteiger partial charge is 0.495 e. The van der Waals surface area contributed by atoms with Crippen LogP contribution in [0.15, 0.2) is 36.4 Å². The second-order valence-corrected chi connectivity index (χ2v) is 5.46. The molecule has 4 nitrogen and oxygen atoms in total. The quantitative estimate of drug-likeness (QED) is 0.723. The lowest BCUT2D eigenvalue weighted by molar-refractivity contribution is -0.137. The van der Waals surface area contributed by atoms with Gasteiger partial charge in [-0.25, -0.2) is 4.79 Å². The van der Waals surface area contributed by atoms with Crippen LogP contribution in [0.3, 0.4) is 0 Å². The summed E-state index contributed by atoms with van der Waals surface area (Å²) < 4.78 is 43.2. The van der Waals surface area contributed by atoms with Gasteiger partial charge in [0.15, 0.2) is 0 Å². The molecule has 24 heavy (non-hydrogen) atoms. The Morgan fingerprint density at radius 2 is 1.71 bits per heavy atom. The number of methoxy groups -OCH3 is 1. The third-order valence-electron chi connectivity index (χ3n) is 2.95. The Morgan fingerprint density at radius 3 is 2.33 bits per heavy atom. The predicted molar refractivity (Wildman–Crippen MR) is 87.1 cm³/mol. The molecule has 9 heteroatoms. The van der Waals surface area contributed by atoms with E-state index in [4.69, 9.17) is 27.9 Å². The van der Waals surface area contributed by atoms with E-state index in [0.717, 1.165) is 18.2 Å². The van der Waals surface area contributed by atoms with Gasteiger partial charge in [-0.05, 0) is 36.4 Å². The molecule has 128 valence electrons. The number of alkyl halides is 3. The van der Waals surface area contributed by atoms with Crippen LogP contribution in [0.4, 0.5) is 29.3 Å². The lowest BCUT2D eigenvalue weighted by atomic mass is 10.2. The van der Waals surface area contributed by atoms with E-state index in [1.165, 1.54) is 19.2 Å². The van der Waals surface area contributed by atoms with Crippen LogP contribution in [0.25, 0.3) is 0 Å². The van der Waals surface area contributed by atoms with Crippen LogP contribution >= 0.6 is 23.2 Å².